The summed E-state index contributed by atoms with van der Waals surface area (Å²) in [5.41, 5.74) is 0.555. The lowest BCUT2D eigenvalue weighted by Crippen LogP contribution is -2.55. The van der Waals surface area contributed by atoms with E-state index in [9.17, 15) is 10.2 Å². The fourth-order valence-corrected chi connectivity index (χ4v) is 5.95. The van der Waals surface area contributed by atoms with Crippen LogP contribution in [0.3, 0.4) is 0 Å². The average molecular weight is 336 g/mol. The Hall–Kier alpha value is -0.420. The summed E-state index contributed by atoms with van der Waals surface area (Å²) >= 11 is 0. The lowest BCUT2D eigenvalue weighted by atomic mass is 9.59. The van der Waals surface area contributed by atoms with E-state index in [-0.39, 0.29) is 30.1 Å². The van der Waals surface area contributed by atoms with Crippen molar-refractivity contribution in [3.05, 3.63) is 11.6 Å². The van der Waals surface area contributed by atoms with Crippen LogP contribution in [0.25, 0.3) is 0 Å². The minimum absolute atomic E-state index is 0.0371. The highest BCUT2D eigenvalue weighted by Gasteiger charge is 2.63. The predicted molar refractivity (Wildman–Crippen MR) is 91.4 cm³/mol. The molecule has 0 aromatic rings. The van der Waals surface area contributed by atoms with Crippen LogP contribution in [0.15, 0.2) is 11.6 Å². The molecular weight excluding hydrogens is 304 g/mol. The van der Waals surface area contributed by atoms with Gasteiger partial charge in [0.15, 0.2) is 0 Å². The molecular formula is C20H32O4. The summed E-state index contributed by atoms with van der Waals surface area (Å²) in [6, 6.07) is 0. The van der Waals surface area contributed by atoms with Crippen LogP contribution >= 0.6 is 0 Å². The molecule has 1 saturated carbocycles. The highest BCUT2D eigenvalue weighted by molar-refractivity contribution is 5.16. The van der Waals surface area contributed by atoms with E-state index in [0.29, 0.717) is 30.8 Å². The quantitative estimate of drug-likeness (QED) is 0.668. The molecule has 3 fully saturated rings. The monoisotopic (exact) mass is 336 g/mol. The number of rotatable bonds is 0. The molecule has 2 N–H and O–H groups in total. The Balaban J connectivity index is 1.83. The van der Waals surface area contributed by atoms with Gasteiger partial charge in [-0.3, -0.25) is 0 Å². The summed E-state index contributed by atoms with van der Waals surface area (Å²) in [5, 5.41) is 21.9. The first kappa shape index (κ1) is 17.0. The molecule has 3 aliphatic heterocycles. The Kier molecular flexibility index (Phi) is 4.11. The molecule has 4 nitrogen and oxygen atoms in total. The van der Waals surface area contributed by atoms with E-state index in [0.717, 1.165) is 12.8 Å². The van der Waals surface area contributed by atoms with Crippen LogP contribution < -0.4 is 0 Å². The number of ether oxygens (including phenoxy) is 2. The molecule has 3 heterocycles. The van der Waals surface area contributed by atoms with Crippen LogP contribution in [-0.4, -0.2) is 46.8 Å². The number of aliphatic hydroxyl groups excluding tert-OH is 2. The zero-order valence-corrected chi connectivity index (χ0v) is 15.3. The number of hydrogen-bond acceptors (Lipinski definition) is 4. The molecule has 10 unspecified atom stereocenters. The molecule has 1 aliphatic carbocycles. The van der Waals surface area contributed by atoms with Crippen LogP contribution in [0.4, 0.5) is 0 Å². The molecule has 0 aromatic carbocycles. The van der Waals surface area contributed by atoms with E-state index < -0.39 is 11.7 Å². The van der Waals surface area contributed by atoms with Gasteiger partial charge in [-0.1, -0.05) is 25.5 Å². The molecule has 4 aliphatic rings. The molecule has 2 saturated heterocycles. The molecule has 10 atom stereocenters. The van der Waals surface area contributed by atoms with E-state index in [1.54, 1.807) is 0 Å². The summed E-state index contributed by atoms with van der Waals surface area (Å²) < 4.78 is 12.9. The van der Waals surface area contributed by atoms with Crippen molar-refractivity contribution in [3.8, 4) is 0 Å². The average Bonchev–Trinajstić information content (AvgIpc) is 2.89. The molecule has 2 bridgehead atoms. The van der Waals surface area contributed by atoms with Gasteiger partial charge in [0.05, 0.1) is 31.0 Å². The van der Waals surface area contributed by atoms with Gasteiger partial charge in [-0.15, -0.1) is 0 Å². The fourth-order valence-electron chi connectivity index (χ4n) is 5.95. The van der Waals surface area contributed by atoms with Crippen molar-refractivity contribution in [2.45, 2.75) is 77.0 Å². The zero-order valence-electron chi connectivity index (χ0n) is 15.3. The molecule has 136 valence electrons. The first-order chi connectivity index (χ1) is 11.3. The Bertz CT molecular complexity index is 532. The van der Waals surface area contributed by atoms with Gasteiger partial charge in [-0.2, -0.15) is 0 Å². The second kappa shape index (κ2) is 5.80. The number of hydrogen-bond donors (Lipinski definition) is 2. The van der Waals surface area contributed by atoms with Crippen molar-refractivity contribution in [3.63, 3.8) is 0 Å². The van der Waals surface area contributed by atoms with Gasteiger partial charge < -0.3 is 19.7 Å². The van der Waals surface area contributed by atoms with E-state index in [2.05, 4.69) is 26.8 Å². The minimum atomic E-state index is -0.692. The van der Waals surface area contributed by atoms with Crippen molar-refractivity contribution in [2.75, 3.05) is 6.61 Å². The zero-order chi connectivity index (χ0) is 17.2. The van der Waals surface area contributed by atoms with Gasteiger partial charge in [0.2, 0.25) is 0 Å². The minimum Gasteiger partial charge on any atom is -0.392 e. The lowest BCUT2D eigenvalue weighted by Gasteiger charge is -2.46. The molecule has 0 amide bonds. The fraction of sp³-hybridized carbons (Fsp3) is 0.900. The van der Waals surface area contributed by atoms with Crippen molar-refractivity contribution in [1.82, 2.24) is 0 Å². The maximum Gasteiger partial charge on any atom is 0.118 e. The molecule has 0 aromatic heterocycles. The summed E-state index contributed by atoms with van der Waals surface area (Å²) in [6.07, 6.45) is 3.64. The number of fused-ring (bicyclic) bond motifs is 2. The van der Waals surface area contributed by atoms with Crippen molar-refractivity contribution < 1.29 is 19.7 Å². The third-order valence-corrected chi connectivity index (χ3v) is 7.49. The normalized spacial score (nSPS) is 57.4. The topological polar surface area (TPSA) is 58.9 Å². The molecule has 0 spiro atoms. The predicted octanol–water partition coefficient (Wildman–Crippen LogP) is 2.53. The molecule has 24 heavy (non-hydrogen) atoms. The Morgan fingerprint density at radius 3 is 2.67 bits per heavy atom. The van der Waals surface area contributed by atoms with E-state index in [1.807, 2.05) is 6.92 Å². The van der Waals surface area contributed by atoms with Crippen molar-refractivity contribution in [2.24, 2.45) is 29.6 Å². The number of aliphatic hydroxyl groups is 2. The van der Waals surface area contributed by atoms with Crippen LogP contribution in [-0.2, 0) is 9.47 Å². The van der Waals surface area contributed by atoms with Gasteiger partial charge >= 0.3 is 0 Å². The third kappa shape index (κ3) is 2.33. The summed E-state index contributed by atoms with van der Waals surface area (Å²) in [6.45, 7) is 9.23. The summed E-state index contributed by atoms with van der Waals surface area (Å²) in [7, 11) is 0. The molecule has 4 heteroatoms. The first-order valence-electron chi connectivity index (χ1n) is 9.64. The maximum atomic E-state index is 11.0. The summed E-state index contributed by atoms with van der Waals surface area (Å²) in [4.78, 5) is 0. The molecule has 0 radical (unpaired) electrons. The van der Waals surface area contributed by atoms with Crippen LogP contribution in [0.5, 0.6) is 0 Å². The van der Waals surface area contributed by atoms with Gasteiger partial charge in [0, 0.05) is 5.92 Å². The Morgan fingerprint density at radius 1 is 1.17 bits per heavy atom. The van der Waals surface area contributed by atoms with E-state index >= 15 is 0 Å². The van der Waals surface area contributed by atoms with Gasteiger partial charge in [-0.25, -0.2) is 0 Å². The standard InChI is InChI=1S/C20H32O4/c1-10-5-6-15(21)20(4)19-16-13(12(3)9-23-20)8-11(2)18(22)17(16)14(7-10)24-19/h5,11-19,21-22H,6-9H2,1-4H3. The maximum absolute atomic E-state index is 11.0. The Labute approximate surface area is 145 Å². The largest absolute Gasteiger partial charge is 0.392 e. The van der Waals surface area contributed by atoms with Gasteiger partial charge in [0.25, 0.3) is 0 Å². The van der Waals surface area contributed by atoms with E-state index in [1.165, 1.54) is 5.57 Å². The van der Waals surface area contributed by atoms with Gasteiger partial charge in [-0.05, 0) is 56.8 Å². The van der Waals surface area contributed by atoms with Crippen LogP contribution in [0.1, 0.15) is 47.0 Å². The van der Waals surface area contributed by atoms with Crippen LogP contribution in [0, 0.1) is 29.6 Å². The smallest absolute Gasteiger partial charge is 0.118 e. The highest BCUT2D eigenvalue weighted by Crippen LogP contribution is 2.56. The second-order valence-corrected chi connectivity index (χ2v) is 9.10. The van der Waals surface area contributed by atoms with E-state index in [4.69, 9.17) is 9.47 Å². The van der Waals surface area contributed by atoms with Crippen LogP contribution in [0.2, 0.25) is 0 Å². The first-order valence-corrected chi connectivity index (χ1v) is 9.64. The van der Waals surface area contributed by atoms with Crippen molar-refractivity contribution >= 4 is 0 Å². The van der Waals surface area contributed by atoms with Crippen molar-refractivity contribution in [1.29, 1.82) is 0 Å². The highest BCUT2D eigenvalue weighted by atomic mass is 16.6. The Morgan fingerprint density at radius 2 is 1.92 bits per heavy atom. The second-order valence-electron chi connectivity index (χ2n) is 9.10. The molecule has 4 rings (SSSR count). The SMILES string of the molecule is CC1=CCC(O)C2(C)OCC(C)C3CC(C)C(O)C4C(C1)OC2C34. The third-order valence-electron chi connectivity index (χ3n) is 7.49. The van der Waals surface area contributed by atoms with Gasteiger partial charge in [0.1, 0.15) is 5.60 Å². The summed E-state index contributed by atoms with van der Waals surface area (Å²) in [5.74, 6) is 1.66. The lowest BCUT2D eigenvalue weighted by molar-refractivity contribution is -0.183.